The molecule has 0 aromatic heterocycles. The molecule has 0 atom stereocenters. The molecule has 1 aliphatic rings. The second kappa shape index (κ2) is 10.1. The number of Topliss-reactive ketones (excluding diaryl/α,β-unsaturated/α-hetero) is 1. The summed E-state index contributed by atoms with van der Waals surface area (Å²) in [6.07, 6.45) is -0.217. The van der Waals surface area contributed by atoms with Crippen LogP contribution in [0.5, 0.6) is 11.5 Å². The minimum atomic E-state index is -0.665. The number of rotatable bonds is 8. The zero-order valence-corrected chi connectivity index (χ0v) is 17.8. The third-order valence-electron chi connectivity index (χ3n) is 4.10. The van der Waals surface area contributed by atoms with E-state index in [1.165, 1.54) is 11.9 Å². The van der Waals surface area contributed by atoms with Crippen LogP contribution in [0.15, 0.2) is 18.2 Å². The van der Waals surface area contributed by atoms with Gasteiger partial charge >= 0.3 is 5.97 Å². The molecule has 1 heterocycles. The van der Waals surface area contributed by atoms with Gasteiger partial charge in [0.1, 0.15) is 13.2 Å². The smallest absolute Gasteiger partial charge is 0.306 e. The average molecular weight is 420 g/mol. The number of ether oxygens (including phenoxy) is 3. The molecule has 164 valence electrons. The number of hydrogen-bond donors (Lipinski definition) is 1. The van der Waals surface area contributed by atoms with Crippen molar-refractivity contribution < 1.29 is 33.4 Å². The SMILES string of the molecule is CN(CC(=O)NC(C)(C)C)C(=O)COC(=O)CCC(=O)c1ccc2c(c1)OCCO2. The number of fused-ring (bicyclic) bond motifs is 1. The number of esters is 1. The van der Waals surface area contributed by atoms with Gasteiger partial charge in [0, 0.05) is 24.6 Å². The second-order valence-electron chi connectivity index (χ2n) is 7.99. The van der Waals surface area contributed by atoms with E-state index in [2.05, 4.69) is 5.32 Å². The van der Waals surface area contributed by atoms with Crippen molar-refractivity contribution in [3.63, 3.8) is 0 Å². The van der Waals surface area contributed by atoms with Gasteiger partial charge in [-0.05, 0) is 39.0 Å². The molecule has 30 heavy (non-hydrogen) atoms. The van der Waals surface area contributed by atoms with Crippen molar-refractivity contribution in [2.24, 2.45) is 0 Å². The summed E-state index contributed by atoms with van der Waals surface area (Å²) in [6, 6.07) is 4.86. The molecule has 0 fully saturated rings. The van der Waals surface area contributed by atoms with E-state index in [0.29, 0.717) is 30.3 Å². The summed E-state index contributed by atoms with van der Waals surface area (Å²) in [5.74, 6) is -0.650. The van der Waals surface area contributed by atoms with Gasteiger partial charge in [0.2, 0.25) is 5.91 Å². The largest absolute Gasteiger partial charge is 0.486 e. The predicted molar refractivity (Wildman–Crippen MR) is 107 cm³/mol. The van der Waals surface area contributed by atoms with Gasteiger partial charge in [-0.3, -0.25) is 19.2 Å². The molecule has 0 unspecified atom stereocenters. The zero-order valence-electron chi connectivity index (χ0n) is 17.8. The first-order valence-corrected chi connectivity index (χ1v) is 9.68. The Hall–Kier alpha value is -3.10. The van der Waals surface area contributed by atoms with Crippen LogP contribution in [-0.4, -0.2) is 67.4 Å². The van der Waals surface area contributed by atoms with Crippen molar-refractivity contribution in [2.45, 2.75) is 39.2 Å². The van der Waals surface area contributed by atoms with E-state index in [4.69, 9.17) is 14.2 Å². The normalized spacial score (nSPS) is 12.7. The molecule has 0 saturated carbocycles. The second-order valence-corrected chi connectivity index (χ2v) is 7.99. The molecule has 2 amide bonds. The van der Waals surface area contributed by atoms with E-state index in [-0.39, 0.29) is 31.1 Å². The Morgan fingerprint density at radius 3 is 2.40 bits per heavy atom. The first-order valence-electron chi connectivity index (χ1n) is 9.68. The average Bonchev–Trinajstić information content (AvgIpc) is 2.68. The summed E-state index contributed by atoms with van der Waals surface area (Å²) in [6.45, 7) is 5.74. The standard InChI is InChI=1S/C21H28N2O7/c1-21(2,3)22-18(25)12-23(4)19(26)13-30-20(27)8-6-15(24)14-5-7-16-17(11-14)29-10-9-28-16/h5,7,11H,6,8-10,12-13H2,1-4H3,(H,22,25). The van der Waals surface area contributed by atoms with Crippen molar-refractivity contribution in [1.82, 2.24) is 10.2 Å². The van der Waals surface area contributed by atoms with Crippen LogP contribution in [0.25, 0.3) is 0 Å². The molecule has 0 radical (unpaired) electrons. The Morgan fingerprint density at radius 1 is 1.07 bits per heavy atom. The van der Waals surface area contributed by atoms with Gasteiger partial charge in [0.15, 0.2) is 23.9 Å². The molecule has 1 aliphatic heterocycles. The molecule has 9 nitrogen and oxygen atoms in total. The summed E-state index contributed by atoms with van der Waals surface area (Å²) in [4.78, 5) is 49.2. The highest BCUT2D eigenvalue weighted by atomic mass is 16.6. The van der Waals surface area contributed by atoms with Gasteiger partial charge in [0.25, 0.3) is 5.91 Å². The molecule has 9 heteroatoms. The van der Waals surface area contributed by atoms with Gasteiger partial charge in [-0.15, -0.1) is 0 Å². The number of hydrogen-bond acceptors (Lipinski definition) is 7. The van der Waals surface area contributed by atoms with Crippen molar-refractivity contribution in [1.29, 1.82) is 0 Å². The Bertz CT molecular complexity index is 814. The molecule has 0 bridgehead atoms. The fraction of sp³-hybridized carbons (Fsp3) is 0.524. The van der Waals surface area contributed by atoms with Crippen molar-refractivity contribution in [3.05, 3.63) is 23.8 Å². The molecule has 0 saturated heterocycles. The number of nitrogens with one attached hydrogen (secondary N) is 1. The number of nitrogens with zero attached hydrogens (tertiary/aromatic N) is 1. The fourth-order valence-corrected chi connectivity index (χ4v) is 2.66. The lowest BCUT2D eigenvalue weighted by atomic mass is 10.1. The highest BCUT2D eigenvalue weighted by molar-refractivity contribution is 5.98. The van der Waals surface area contributed by atoms with Crippen LogP contribution in [0.2, 0.25) is 0 Å². The summed E-state index contributed by atoms with van der Waals surface area (Å²) < 4.78 is 15.8. The maximum Gasteiger partial charge on any atom is 0.306 e. The zero-order chi connectivity index (χ0) is 22.3. The van der Waals surface area contributed by atoms with Crippen LogP contribution in [0.4, 0.5) is 0 Å². The number of ketones is 1. The van der Waals surface area contributed by atoms with Crippen LogP contribution in [0.1, 0.15) is 44.0 Å². The van der Waals surface area contributed by atoms with Gasteiger partial charge < -0.3 is 24.4 Å². The number of benzene rings is 1. The van der Waals surface area contributed by atoms with Crippen molar-refractivity contribution in [3.8, 4) is 11.5 Å². The van der Waals surface area contributed by atoms with Crippen LogP contribution >= 0.6 is 0 Å². The molecule has 0 aliphatic carbocycles. The number of carbonyl (C=O) groups excluding carboxylic acids is 4. The lowest BCUT2D eigenvalue weighted by Gasteiger charge is -2.23. The molecular weight excluding hydrogens is 392 g/mol. The maximum absolute atomic E-state index is 12.3. The third-order valence-corrected chi connectivity index (χ3v) is 4.10. The quantitative estimate of drug-likeness (QED) is 0.499. The molecule has 1 N–H and O–H groups in total. The highest BCUT2D eigenvalue weighted by Crippen LogP contribution is 2.31. The van der Waals surface area contributed by atoms with E-state index in [1.54, 1.807) is 18.2 Å². The summed E-state index contributed by atoms with van der Waals surface area (Å²) in [5, 5.41) is 2.74. The minimum absolute atomic E-state index is 0.0590. The highest BCUT2D eigenvalue weighted by Gasteiger charge is 2.20. The number of likely N-dealkylation sites (N-methyl/N-ethyl adjacent to an activating group) is 1. The van der Waals surface area contributed by atoms with Crippen molar-refractivity contribution >= 4 is 23.6 Å². The summed E-state index contributed by atoms with van der Waals surface area (Å²) in [7, 11) is 1.45. The van der Waals surface area contributed by atoms with Crippen LogP contribution < -0.4 is 14.8 Å². The van der Waals surface area contributed by atoms with Gasteiger partial charge in [-0.1, -0.05) is 0 Å². The van der Waals surface area contributed by atoms with Crippen LogP contribution in [-0.2, 0) is 19.1 Å². The van der Waals surface area contributed by atoms with Gasteiger partial charge in [-0.25, -0.2) is 0 Å². The Labute approximate surface area is 175 Å². The van der Waals surface area contributed by atoms with E-state index in [1.807, 2.05) is 20.8 Å². The predicted octanol–water partition coefficient (Wildman–Crippen LogP) is 1.34. The Morgan fingerprint density at radius 2 is 1.73 bits per heavy atom. The van der Waals surface area contributed by atoms with E-state index >= 15 is 0 Å². The Balaban J connectivity index is 1.73. The maximum atomic E-state index is 12.3. The summed E-state index contributed by atoms with van der Waals surface area (Å²) in [5.41, 5.74) is 0.00435. The first kappa shape index (κ1) is 23.2. The van der Waals surface area contributed by atoms with Gasteiger partial charge in [0.05, 0.1) is 13.0 Å². The molecule has 0 spiro atoms. The molecule has 1 aromatic carbocycles. The van der Waals surface area contributed by atoms with E-state index in [0.717, 1.165) is 0 Å². The lowest BCUT2D eigenvalue weighted by molar-refractivity contribution is -0.152. The minimum Gasteiger partial charge on any atom is -0.486 e. The Kier molecular flexibility index (Phi) is 7.79. The monoisotopic (exact) mass is 420 g/mol. The van der Waals surface area contributed by atoms with Gasteiger partial charge in [-0.2, -0.15) is 0 Å². The van der Waals surface area contributed by atoms with Crippen molar-refractivity contribution in [2.75, 3.05) is 33.4 Å². The number of amides is 2. The lowest BCUT2D eigenvalue weighted by Crippen LogP contribution is -2.46. The molecule has 1 aromatic rings. The summed E-state index contributed by atoms with van der Waals surface area (Å²) >= 11 is 0. The molecule has 2 rings (SSSR count). The number of carbonyl (C=O) groups is 4. The van der Waals surface area contributed by atoms with E-state index in [9.17, 15) is 19.2 Å². The van der Waals surface area contributed by atoms with Crippen LogP contribution in [0, 0.1) is 0 Å². The molecular formula is C21H28N2O7. The fourth-order valence-electron chi connectivity index (χ4n) is 2.66. The first-order chi connectivity index (χ1) is 14.0. The van der Waals surface area contributed by atoms with Crippen LogP contribution in [0.3, 0.4) is 0 Å². The third kappa shape index (κ3) is 7.38. The van der Waals surface area contributed by atoms with E-state index < -0.39 is 24.0 Å². The topological polar surface area (TPSA) is 111 Å².